The van der Waals surface area contributed by atoms with Crippen LogP contribution in [0.2, 0.25) is 0 Å². The SMILES string of the molecule is FC(F)(F)CNC1CCc2ccccc2C1. The first-order valence-corrected chi connectivity index (χ1v) is 5.41. The lowest BCUT2D eigenvalue weighted by Crippen LogP contribution is -2.40. The summed E-state index contributed by atoms with van der Waals surface area (Å²) in [6.07, 6.45) is -1.76. The number of hydrogen-bond donors (Lipinski definition) is 1. The highest BCUT2D eigenvalue weighted by atomic mass is 19.4. The molecule has 88 valence electrons. The summed E-state index contributed by atoms with van der Waals surface area (Å²) in [5, 5.41) is 2.58. The van der Waals surface area contributed by atoms with Gasteiger partial charge in [0, 0.05) is 6.04 Å². The van der Waals surface area contributed by atoms with Gasteiger partial charge in [-0.15, -0.1) is 0 Å². The maximum Gasteiger partial charge on any atom is 0.401 e. The number of halogens is 3. The Morgan fingerprint density at radius 2 is 1.88 bits per heavy atom. The number of rotatable bonds is 2. The lowest BCUT2D eigenvalue weighted by atomic mass is 9.88. The normalized spacial score (nSPS) is 20.6. The number of hydrogen-bond acceptors (Lipinski definition) is 1. The highest BCUT2D eigenvalue weighted by molar-refractivity contribution is 5.30. The van der Waals surface area contributed by atoms with Gasteiger partial charge in [-0.3, -0.25) is 0 Å². The molecule has 0 aliphatic heterocycles. The Bertz CT molecular complexity index is 360. The van der Waals surface area contributed by atoms with Gasteiger partial charge in [-0.25, -0.2) is 0 Å². The van der Waals surface area contributed by atoms with E-state index in [1.165, 1.54) is 11.1 Å². The van der Waals surface area contributed by atoms with Crippen molar-refractivity contribution in [3.8, 4) is 0 Å². The summed E-state index contributed by atoms with van der Waals surface area (Å²) >= 11 is 0. The lowest BCUT2D eigenvalue weighted by Gasteiger charge is -2.26. The molecule has 4 heteroatoms. The largest absolute Gasteiger partial charge is 0.401 e. The second-order valence-electron chi connectivity index (χ2n) is 4.20. The molecular formula is C12H14F3N. The molecule has 0 bridgehead atoms. The minimum Gasteiger partial charge on any atom is -0.306 e. The lowest BCUT2D eigenvalue weighted by molar-refractivity contribution is -0.126. The number of fused-ring (bicyclic) bond motifs is 1. The van der Waals surface area contributed by atoms with Gasteiger partial charge in [-0.1, -0.05) is 24.3 Å². The molecule has 0 amide bonds. The predicted octanol–water partition coefficient (Wildman–Crippen LogP) is 2.70. The Labute approximate surface area is 92.7 Å². The van der Waals surface area contributed by atoms with Crippen LogP contribution in [0.5, 0.6) is 0 Å². The Balaban J connectivity index is 1.93. The van der Waals surface area contributed by atoms with Crippen LogP contribution < -0.4 is 5.32 Å². The zero-order valence-corrected chi connectivity index (χ0v) is 8.85. The molecule has 1 nitrogen and oxygen atoms in total. The van der Waals surface area contributed by atoms with E-state index in [0.29, 0.717) is 6.42 Å². The molecule has 1 unspecified atom stereocenters. The van der Waals surface area contributed by atoms with E-state index in [1.54, 1.807) is 0 Å². The van der Waals surface area contributed by atoms with Crippen LogP contribution in [-0.4, -0.2) is 18.8 Å². The molecule has 0 heterocycles. The van der Waals surface area contributed by atoms with E-state index in [9.17, 15) is 13.2 Å². The summed E-state index contributed by atoms with van der Waals surface area (Å²) in [6, 6.07) is 7.91. The van der Waals surface area contributed by atoms with Gasteiger partial charge in [0.1, 0.15) is 0 Å². The molecule has 1 aromatic rings. The summed E-state index contributed by atoms with van der Waals surface area (Å²) < 4.78 is 36.1. The smallest absolute Gasteiger partial charge is 0.306 e. The zero-order valence-electron chi connectivity index (χ0n) is 8.85. The van der Waals surface area contributed by atoms with Crippen molar-refractivity contribution >= 4 is 0 Å². The second-order valence-corrected chi connectivity index (χ2v) is 4.20. The predicted molar refractivity (Wildman–Crippen MR) is 56.3 cm³/mol. The van der Waals surface area contributed by atoms with E-state index >= 15 is 0 Å². The number of alkyl halides is 3. The zero-order chi connectivity index (χ0) is 11.6. The molecule has 1 atom stereocenters. The standard InChI is InChI=1S/C12H14F3N/c13-12(14,15)8-16-11-6-5-9-3-1-2-4-10(9)7-11/h1-4,11,16H,5-8H2. The maximum absolute atomic E-state index is 12.0. The van der Waals surface area contributed by atoms with Crippen molar-refractivity contribution < 1.29 is 13.2 Å². The second kappa shape index (κ2) is 4.45. The molecule has 0 fully saturated rings. The third kappa shape index (κ3) is 2.98. The molecule has 1 N–H and O–H groups in total. The molecule has 0 radical (unpaired) electrons. The molecule has 0 saturated heterocycles. The van der Waals surface area contributed by atoms with Crippen LogP contribution in [0.4, 0.5) is 13.2 Å². The van der Waals surface area contributed by atoms with Crippen molar-refractivity contribution in [1.29, 1.82) is 0 Å². The van der Waals surface area contributed by atoms with Crippen molar-refractivity contribution in [2.75, 3.05) is 6.54 Å². The Hall–Kier alpha value is -1.03. The van der Waals surface area contributed by atoms with E-state index in [-0.39, 0.29) is 6.04 Å². The van der Waals surface area contributed by atoms with Gasteiger partial charge >= 0.3 is 6.18 Å². The van der Waals surface area contributed by atoms with Crippen molar-refractivity contribution in [2.45, 2.75) is 31.5 Å². The summed E-state index contributed by atoms with van der Waals surface area (Å²) in [7, 11) is 0. The highest BCUT2D eigenvalue weighted by Gasteiger charge is 2.29. The molecule has 0 spiro atoms. The number of benzene rings is 1. The van der Waals surface area contributed by atoms with Gasteiger partial charge in [0.2, 0.25) is 0 Å². The van der Waals surface area contributed by atoms with Crippen LogP contribution in [0.15, 0.2) is 24.3 Å². The van der Waals surface area contributed by atoms with Crippen LogP contribution in [0, 0.1) is 0 Å². The molecule has 0 aromatic heterocycles. The van der Waals surface area contributed by atoms with Crippen LogP contribution in [0.25, 0.3) is 0 Å². The molecule has 1 aromatic carbocycles. The fourth-order valence-electron chi connectivity index (χ4n) is 2.13. The molecule has 16 heavy (non-hydrogen) atoms. The highest BCUT2D eigenvalue weighted by Crippen LogP contribution is 2.22. The van der Waals surface area contributed by atoms with E-state index < -0.39 is 12.7 Å². The van der Waals surface area contributed by atoms with Crippen LogP contribution in [-0.2, 0) is 12.8 Å². The molecule has 1 aliphatic carbocycles. The van der Waals surface area contributed by atoms with Crippen molar-refractivity contribution in [1.82, 2.24) is 5.32 Å². The summed E-state index contributed by atoms with van der Waals surface area (Å²) in [5.41, 5.74) is 2.45. The summed E-state index contributed by atoms with van der Waals surface area (Å²) in [4.78, 5) is 0. The van der Waals surface area contributed by atoms with Crippen LogP contribution >= 0.6 is 0 Å². The molecular weight excluding hydrogens is 215 g/mol. The van der Waals surface area contributed by atoms with Crippen LogP contribution in [0.1, 0.15) is 17.5 Å². The average molecular weight is 229 g/mol. The quantitative estimate of drug-likeness (QED) is 0.822. The van der Waals surface area contributed by atoms with E-state index in [4.69, 9.17) is 0 Å². The van der Waals surface area contributed by atoms with Gasteiger partial charge < -0.3 is 5.32 Å². The van der Waals surface area contributed by atoms with Gasteiger partial charge in [0.05, 0.1) is 6.54 Å². The first kappa shape index (κ1) is 11.5. The van der Waals surface area contributed by atoms with E-state index in [2.05, 4.69) is 11.4 Å². The Kier molecular flexibility index (Phi) is 3.19. The van der Waals surface area contributed by atoms with Gasteiger partial charge in [0.25, 0.3) is 0 Å². The molecule has 2 rings (SSSR count). The van der Waals surface area contributed by atoms with Crippen molar-refractivity contribution in [3.63, 3.8) is 0 Å². The maximum atomic E-state index is 12.0. The molecule has 0 saturated carbocycles. The van der Waals surface area contributed by atoms with Gasteiger partial charge in [-0.05, 0) is 30.4 Å². The Morgan fingerprint density at radius 1 is 1.19 bits per heavy atom. The minimum absolute atomic E-state index is 0.0449. The van der Waals surface area contributed by atoms with Crippen molar-refractivity contribution in [3.05, 3.63) is 35.4 Å². The minimum atomic E-state index is -4.11. The van der Waals surface area contributed by atoms with Gasteiger partial charge in [0.15, 0.2) is 0 Å². The monoisotopic (exact) mass is 229 g/mol. The summed E-state index contributed by atoms with van der Waals surface area (Å²) in [6.45, 7) is -0.889. The third-order valence-electron chi connectivity index (χ3n) is 2.94. The Morgan fingerprint density at radius 3 is 2.56 bits per heavy atom. The third-order valence-corrected chi connectivity index (χ3v) is 2.94. The first-order valence-electron chi connectivity index (χ1n) is 5.41. The fourth-order valence-corrected chi connectivity index (χ4v) is 2.13. The topological polar surface area (TPSA) is 12.0 Å². The van der Waals surface area contributed by atoms with Crippen molar-refractivity contribution in [2.24, 2.45) is 0 Å². The van der Waals surface area contributed by atoms with Crippen LogP contribution in [0.3, 0.4) is 0 Å². The van der Waals surface area contributed by atoms with Gasteiger partial charge in [-0.2, -0.15) is 13.2 Å². The van der Waals surface area contributed by atoms with E-state index in [0.717, 1.165) is 12.8 Å². The van der Waals surface area contributed by atoms with E-state index in [1.807, 2.05) is 18.2 Å². The fraction of sp³-hybridized carbons (Fsp3) is 0.500. The average Bonchev–Trinajstić information content (AvgIpc) is 2.25. The first-order chi connectivity index (χ1) is 7.54. The molecule has 1 aliphatic rings. The number of nitrogens with one attached hydrogen (secondary N) is 1. The summed E-state index contributed by atoms with van der Waals surface area (Å²) in [5.74, 6) is 0. The number of aryl methyl sites for hydroxylation is 1.